The van der Waals surface area contributed by atoms with Crippen molar-refractivity contribution in [2.24, 2.45) is 0 Å². The van der Waals surface area contributed by atoms with E-state index in [1.165, 1.54) is 0 Å². The zero-order valence-corrected chi connectivity index (χ0v) is 14.2. The smallest absolute Gasteiger partial charge is 0.228 e. The predicted molar refractivity (Wildman–Crippen MR) is 96.6 cm³/mol. The molecule has 0 fully saturated rings. The number of amides is 1. The van der Waals surface area contributed by atoms with Gasteiger partial charge in [-0.25, -0.2) is 4.68 Å². The molecule has 0 saturated heterocycles. The number of carbonyl (C=O) groups is 1. The zero-order valence-electron chi connectivity index (χ0n) is 14.2. The first-order chi connectivity index (χ1) is 11.6. The number of benzene rings is 2. The average molecular weight is 319 g/mol. The molecule has 0 aliphatic carbocycles. The summed E-state index contributed by atoms with van der Waals surface area (Å²) in [5.74, 6) is -0.0249. The van der Waals surface area contributed by atoms with Gasteiger partial charge in [-0.05, 0) is 44.5 Å². The second-order valence-corrected chi connectivity index (χ2v) is 5.94. The maximum absolute atomic E-state index is 12.4. The molecule has 2 aromatic carbocycles. The monoisotopic (exact) mass is 319 g/mol. The van der Waals surface area contributed by atoms with Crippen LogP contribution in [0, 0.1) is 20.8 Å². The highest BCUT2D eigenvalue weighted by Gasteiger charge is 2.16. The summed E-state index contributed by atoms with van der Waals surface area (Å²) in [6, 6.07) is 17.8. The molecule has 0 spiro atoms. The Morgan fingerprint density at radius 1 is 1.00 bits per heavy atom. The summed E-state index contributed by atoms with van der Waals surface area (Å²) in [6.07, 6.45) is 0.318. The van der Waals surface area contributed by atoms with Gasteiger partial charge in [-0.1, -0.05) is 36.4 Å². The maximum atomic E-state index is 12.4. The van der Waals surface area contributed by atoms with E-state index in [1.807, 2.05) is 80.1 Å². The van der Waals surface area contributed by atoms with Crippen LogP contribution in [0.1, 0.15) is 22.5 Å². The molecular formula is C20H21N3O. The van der Waals surface area contributed by atoms with Gasteiger partial charge in [0.2, 0.25) is 5.91 Å². The van der Waals surface area contributed by atoms with Crippen molar-refractivity contribution >= 4 is 11.6 Å². The van der Waals surface area contributed by atoms with Gasteiger partial charge in [0.1, 0.15) is 0 Å². The molecule has 0 aliphatic rings. The molecular weight excluding hydrogens is 298 g/mol. The van der Waals surface area contributed by atoms with Gasteiger partial charge in [-0.15, -0.1) is 0 Å². The second-order valence-electron chi connectivity index (χ2n) is 5.94. The Hall–Kier alpha value is -2.88. The fraction of sp³-hybridized carbons (Fsp3) is 0.200. The summed E-state index contributed by atoms with van der Waals surface area (Å²) in [5.41, 5.74) is 5.77. The van der Waals surface area contributed by atoms with E-state index >= 15 is 0 Å². The molecule has 0 bridgehead atoms. The summed E-state index contributed by atoms with van der Waals surface area (Å²) in [7, 11) is 0. The van der Waals surface area contributed by atoms with Crippen LogP contribution in [0.15, 0.2) is 54.6 Å². The predicted octanol–water partition coefficient (Wildman–Crippen LogP) is 3.98. The number of nitrogens with zero attached hydrogens (tertiary/aromatic N) is 2. The molecule has 4 heteroatoms. The molecule has 0 saturated carbocycles. The zero-order chi connectivity index (χ0) is 17.1. The van der Waals surface area contributed by atoms with Crippen LogP contribution in [0.2, 0.25) is 0 Å². The number of aromatic nitrogens is 2. The lowest BCUT2D eigenvalue weighted by Crippen LogP contribution is -2.16. The van der Waals surface area contributed by atoms with Crippen LogP contribution in [0.25, 0.3) is 5.69 Å². The number of hydrogen-bond donors (Lipinski definition) is 1. The lowest BCUT2D eigenvalue weighted by Gasteiger charge is -2.09. The van der Waals surface area contributed by atoms with E-state index < -0.39 is 0 Å². The molecule has 122 valence electrons. The Morgan fingerprint density at radius 2 is 1.67 bits per heavy atom. The van der Waals surface area contributed by atoms with Crippen molar-refractivity contribution in [1.29, 1.82) is 0 Å². The highest BCUT2D eigenvalue weighted by molar-refractivity contribution is 5.93. The molecule has 0 radical (unpaired) electrons. The number of rotatable bonds is 4. The number of anilines is 1. The summed E-state index contributed by atoms with van der Waals surface area (Å²) < 4.78 is 1.89. The summed E-state index contributed by atoms with van der Waals surface area (Å²) in [4.78, 5) is 12.4. The van der Waals surface area contributed by atoms with E-state index in [0.29, 0.717) is 6.42 Å². The van der Waals surface area contributed by atoms with Gasteiger partial charge in [-0.2, -0.15) is 5.10 Å². The summed E-state index contributed by atoms with van der Waals surface area (Å²) in [5, 5.41) is 7.58. The minimum Gasteiger partial charge on any atom is -0.326 e. The lowest BCUT2D eigenvalue weighted by atomic mass is 10.1. The van der Waals surface area contributed by atoms with Gasteiger partial charge in [0.05, 0.1) is 17.8 Å². The number of aryl methyl sites for hydroxylation is 2. The first kappa shape index (κ1) is 16.0. The van der Waals surface area contributed by atoms with Crippen LogP contribution < -0.4 is 5.32 Å². The molecule has 1 aromatic heterocycles. The normalized spacial score (nSPS) is 10.6. The molecule has 1 heterocycles. The molecule has 3 aromatic rings. The second kappa shape index (κ2) is 6.71. The van der Waals surface area contributed by atoms with Gasteiger partial charge in [0.25, 0.3) is 0 Å². The first-order valence-corrected chi connectivity index (χ1v) is 8.02. The maximum Gasteiger partial charge on any atom is 0.228 e. The summed E-state index contributed by atoms with van der Waals surface area (Å²) in [6.45, 7) is 5.94. The van der Waals surface area contributed by atoms with Crippen LogP contribution in [-0.2, 0) is 11.2 Å². The van der Waals surface area contributed by atoms with Crippen LogP contribution in [0.4, 0.5) is 5.69 Å². The Kier molecular flexibility index (Phi) is 4.47. The van der Waals surface area contributed by atoms with Crippen molar-refractivity contribution in [3.8, 4) is 5.69 Å². The molecule has 3 rings (SSSR count). The third-order valence-corrected chi connectivity index (χ3v) is 4.20. The lowest BCUT2D eigenvalue weighted by molar-refractivity contribution is -0.115. The Morgan fingerprint density at radius 3 is 2.38 bits per heavy atom. The number of nitrogens with one attached hydrogen (secondary N) is 1. The number of carbonyl (C=O) groups excluding carboxylic acids is 1. The van der Waals surface area contributed by atoms with Crippen LogP contribution in [-0.4, -0.2) is 15.7 Å². The van der Waals surface area contributed by atoms with Crippen molar-refractivity contribution < 1.29 is 4.79 Å². The molecule has 0 aliphatic heterocycles. The average Bonchev–Trinajstić information content (AvgIpc) is 2.86. The van der Waals surface area contributed by atoms with E-state index in [4.69, 9.17) is 0 Å². The van der Waals surface area contributed by atoms with Crippen molar-refractivity contribution in [3.63, 3.8) is 0 Å². The van der Waals surface area contributed by atoms with Gasteiger partial charge < -0.3 is 5.32 Å². The Labute approximate surface area is 142 Å². The van der Waals surface area contributed by atoms with Crippen molar-refractivity contribution in [2.45, 2.75) is 27.2 Å². The van der Waals surface area contributed by atoms with E-state index in [0.717, 1.165) is 33.9 Å². The molecule has 0 atom stereocenters. The largest absolute Gasteiger partial charge is 0.326 e. The van der Waals surface area contributed by atoms with Crippen LogP contribution in [0.3, 0.4) is 0 Å². The molecule has 0 unspecified atom stereocenters. The van der Waals surface area contributed by atoms with Crippen LogP contribution >= 0.6 is 0 Å². The van der Waals surface area contributed by atoms with Crippen LogP contribution in [0.5, 0.6) is 0 Å². The third-order valence-electron chi connectivity index (χ3n) is 4.20. The fourth-order valence-corrected chi connectivity index (χ4v) is 2.82. The Balaban J connectivity index is 1.82. The Bertz CT molecular complexity index is 866. The SMILES string of the molecule is Cc1ccccc1NC(=O)Cc1c(C)nn(-c2ccccc2)c1C. The van der Waals surface area contributed by atoms with Crippen molar-refractivity contribution in [1.82, 2.24) is 9.78 Å². The molecule has 1 amide bonds. The highest BCUT2D eigenvalue weighted by Crippen LogP contribution is 2.19. The van der Waals surface area contributed by atoms with E-state index in [1.54, 1.807) is 0 Å². The topological polar surface area (TPSA) is 46.9 Å². The van der Waals surface area contributed by atoms with Gasteiger partial charge in [0, 0.05) is 16.9 Å². The van der Waals surface area contributed by atoms with E-state index in [9.17, 15) is 4.79 Å². The highest BCUT2D eigenvalue weighted by atomic mass is 16.1. The van der Waals surface area contributed by atoms with Gasteiger partial charge in [-0.3, -0.25) is 4.79 Å². The van der Waals surface area contributed by atoms with Crippen molar-refractivity contribution in [2.75, 3.05) is 5.32 Å². The van der Waals surface area contributed by atoms with E-state index in [2.05, 4.69) is 10.4 Å². The first-order valence-electron chi connectivity index (χ1n) is 8.02. The number of hydrogen-bond acceptors (Lipinski definition) is 2. The van der Waals surface area contributed by atoms with Gasteiger partial charge >= 0.3 is 0 Å². The quantitative estimate of drug-likeness (QED) is 0.790. The number of para-hydroxylation sites is 2. The minimum atomic E-state index is -0.0249. The summed E-state index contributed by atoms with van der Waals surface area (Å²) >= 11 is 0. The molecule has 1 N–H and O–H groups in total. The van der Waals surface area contributed by atoms with E-state index in [-0.39, 0.29) is 5.91 Å². The molecule has 24 heavy (non-hydrogen) atoms. The van der Waals surface area contributed by atoms with Crippen molar-refractivity contribution in [3.05, 3.63) is 77.1 Å². The third kappa shape index (κ3) is 3.23. The molecule has 4 nitrogen and oxygen atoms in total. The minimum absolute atomic E-state index is 0.0249. The van der Waals surface area contributed by atoms with Gasteiger partial charge in [0.15, 0.2) is 0 Å². The fourth-order valence-electron chi connectivity index (χ4n) is 2.82. The standard InChI is InChI=1S/C20H21N3O/c1-14-9-7-8-12-19(14)21-20(24)13-18-15(2)22-23(16(18)3)17-10-5-4-6-11-17/h4-12H,13H2,1-3H3,(H,21,24).